The highest BCUT2D eigenvalue weighted by Gasteiger charge is 2.34. The molecule has 1 saturated heterocycles. The van der Waals surface area contributed by atoms with Crippen molar-refractivity contribution in [2.75, 3.05) is 13.1 Å². The van der Waals surface area contributed by atoms with Gasteiger partial charge in [-0.2, -0.15) is 0 Å². The van der Waals surface area contributed by atoms with Crippen molar-refractivity contribution in [2.45, 2.75) is 31.2 Å². The summed E-state index contributed by atoms with van der Waals surface area (Å²) in [4.78, 5) is 14.4. The molecule has 0 bridgehead atoms. The highest BCUT2D eigenvalue weighted by Crippen LogP contribution is 2.26. The Labute approximate surface area is 163 Å². The van der Waals surface area contributed by atoms with Gasteiger partial charge in [0.05, 0.1) is 11.4 Å². The maximum atomic E-state index is 14.3. The molecule has 27 heavy (non-hydrogen) atoms. The lowest BCUT2D eigenvalue weighted by Crippen LogP contribution is -2.44. The first kappa shape index (κ1) is 19.6. The highest BCUT2D eigenvalue weighted by molar-refractivity contribution is 7.89. The Morgan fingerprint density at radius 3 is 2.37 bits per heavy atom. The van der Waals surface area contributed by atoms with Crippen LogP contribution in [0.5, 0.6) is 0 Å². The Kier molecular flexibility index (Phi) is 5.72. The van der Waals surface area contributed by atoms with E-state index >= 15 is 0 Å². The van der Waals surface area contributed by atoms with Crippen LogP contribution in [0.4, 0.5) is 9.18 Å². The molecule has 1 aliphatic heterocycles. The van der Waals surface area contributed by atoms with Crippen molar-refractivity contribution < 1.29 is 17.6 Å². The van der Waals surface area contributed by atoms with Crippen molar-refractivity contribution in [1.29, 1.82) is 0 Å². The van der Waals surface area contributed by atoms with Gasteiger partial charge in [0.2, 0.25) is 0 Å². The number of amides is 2. The zero-order chi connectivity index (χ0) is 19.6. The Morgan fingerprint density at radius 2 is 1.78 bits per heavy atom. The van der Waals surface area contributed by atoms with Crippen LogP contribution in [0.15, 0.2) is 47.4 Å². The fraction of sp³-hybridized carbons (Fsp3) is 0.316. The molecule has 0 atom stereocenters. The van der Waals surface area contributed by atoms with Gasteiger partial charge in [-0.1, -0.05) is 35.4 Å². The van der Waals surface area contributed by atoms with Gasteiger partial charge in [0, 0.05) is 23.7 Å². The Balaban J connectivity index is 2.04. The molecule has 0 N–H and O–H groups in total. The fourth-order valence-electron chi connectivity index (χ4n) is 2.99. The van der Waals surface area contributed by atoms with Gasteiger partial charge in [-0.15, -0.1) is 0 Å². The molecule has 0 aromatic heterocycles. The average Bonchev–Trinajstić information content (AvgIpc) is 3.16. The van der Waals surface area contributed by atoms with Gasteiger partial charge >= 0.3 is 6.03 Å². The van der Waals surface area contributed by atoms with Crippen molar-refractivity contribution in [3.63, 3.8) is 0 Å². The van der Waals surface area contributed by atoms with Gasteiger partial charge in [0.25, 0.3) is 10.0 Å². The van der Waals surface area contributed by atoms with Gasteiger partial charge in [-0.05, 0) is 44.0 Å². The molecule has 144 valence electrons. The summed E-state index contributed by atoms with van der Waals surface area (Å²) in [6.45, 7) is 2.33. The molecule has 3 rings (SSSR count). The third-order valence-corrected chi connectivity index (χ3v) is 6.65. The molecule has 1 fully saturated rings. The number of likely N-dealkylation sites (tertiary alicyclic amines) is 1. The lowest BCUT2D eigenvalue weighted by molar-refractivity contribution is 0.186. The summed E-state index contributed by atoms with van der Waals surface area (Å²) < 4.78 is 41.3. The van der Waals surface area contributed by atoms with Crippen LogP contribution >= 0.6 is 11.6 Å². The second kappa shape index (κ2) is 7.86. The third kappa shape index (κ3) is 4.09. The molecule has 1 aliphatic rings. The Morgan fingerprint density at radius 1 is 1.15 bits per heavy atom. The number of nitrogens with zero attached hydrogens (tertiary/aromatic N) is 2. The number of aryl methyl sites for hydroxylation is 1. The Hall–Kier alpha value is -2.12. The minimum Gasteiger partial charge on any atom is -0.324 e. The Bertz CT molecular complexity index is 922. The SMILES string of the molecule is Cc1ccc(S(=O)(=O)N(Cc2c(F)cccc2Cl)C(=O)N2CCCC2)cc1. The number of urea groups is 1. The van der Waals surface area contributed by atoms with E-state index in [1.807, 2.05) is 6.92 Å². The number of rotatable bonds is 4. The zero-order valence-electron chi connectivity index (χ0n) is 14.9. The first-order chi connectivity index (χ1) is 12.8. The van der Waals surface area contributed by atoms with Gasteiger partial charge < -0.3 is 4.90 Å². The smallest absolute Gasteiger partial charge is 0.324 e. The topological polar surface area (TPSA) is 57.7 Å². The normalized spacial score (nSPS) is 14.4. The van der Waals surface area contributed by atoms with E-state index in [-0.39, 0.29) is 15.5 Å². The number of carbonyl (C=O) groups excluding carboxylic acids is 1. The van der Waals surface area contributed by atoms with Crippen LogP contribution in [0.25, 0.3) is 0 Å². The second-order valence-electron chi connectivity index (χ2n) is 6.50. The van der Waals surface area contributed by atoms with Crippen LogP contribution < -0.4 is 0 Å². The molecular formula is C19H20ClFN2O3S. The molecule has 0 spiro atoms. The molecule has 1 heterocycles. The zero-order valence-corrected chi connectivity index (χ0v) is 16.4. The van der Waals surface area contributed by atoms with Crippen LogP contribution in [0.1, 0.15) is 24.0 Å². The molecule has 0 unspecified atom stereocenters. The van der Waals surface area contributed by atoms with Crippen molar-refractivity contribution in [3.8, 4) is 0 Å². The van der Waals surface area contributed by atoms with E-state index in [0.29, 0.717) is 17.4 Å². The first-order valence-electron chi connectivity index (χ1n) is 8.62. The largest absolute Gasteiger partial charge is 0.334 e. The second-order valence-corrected chi connectivity index (χ2v) is 8.77. The lowest BCUT2D eigenvalue weighted by atomic mass is 10.2. The van der Waals surface area contributed by atoms with Crippen LogP contribution in [0.3, 0.4) is 0 Å². The monoisotopic (exact) mass is 410 g/mol. The maximum Gasteiger partial charge on any atom is 0.334 e. The third-order valence-electron chi connectivity index (χ3n) is 4.56. The summed E-state index contributed by atoms with van der Waals surface area (Å²) in [6, 6.07) is 9.63. The number of hydrogen-bond donors (Lipinski definition) is 0. The predicted octanol–water partition coefficient (Wildman–Crippen LogP) is 4.19. The minimum atomic E-state index is -4.17. The van der Waals surface area contributed by atoms with Crippen LogP contribution in [0.2, 0.25) is 5.02 Å². The van der Waals surface area contributed by atoms with E-state index in [1.54, 1.807) is 12.1 Å². The van der Waals surface area contributed by atoms with Crippen molar-refractivity contribution >= 4 is 27.7 Å². The standard InChI is InChI=1S/C19H20ClFN2O3S/c1-14-7-9-15(10-8-14)27(25,26)23(19(24)22-11-2-3-12-22)13-16-17(20)5-4-6-18(16)21/h4-10H,2-3,11-13H2,1H3. The van der Waals surface area contributed by atoms with Crippen LogP contribution in [-0.2, 0) is 16.6 Å². The van der Waals surface area contributed by atoms with Crippen LogP contribution in [-0.4, -0.2) is 36.7 Å². The summed E-state index contributed by atoms with van der Waals surface area (Å²) in [5.41, 5.74) is 0.867. The van der Waals surface area contributed by atoms with Crippen molar-refractivity contribution in [1.82, 2.24) is 9.21 Å². The van der Waals surface area contributed by atoms with E-state index < -0.39 is 28.4 Å². The number of halogens is 2. The summed E-state index contributed by atoms with van der Waals surface area (Å²) >= 11 is 6.07. The molecule has 0 aliphatic carbocycles. The van der Waals surface area contributed by atoms with Gasteiger partial charge in [-0.3, -0.25) is 0 Å². The number of hydrogen-bond acceptors (Lipinski definition) is 3. The maximum absolute atomic E-state index is 14.3. The van der Waals surface area contributed by atoms with Crippen molar-refractivity contribution in [3.05, 3.63) is 64.4 Å². The fourth-order valence-corrected chi connectivity index (χ4v) is 4.56. The molecule has 2 aromatic carbocycles. The van der Waals surface area contributed by atoms with E-state index in [0.717, 1.165) is 18.4 Å². The first-order valence-corrected chi connectivity index (χ1v) is 10.4. The van der Waals surface area contributed by atoms with Crippen molar-refractivity contribution in [2.24, 2.45) is 0 Å². The summed E-state index contributed by atoms with van der Waals surface area (Å²) in [7, 11) is -4.17. The van der Waals surface area contributed by atoms with E-state index in [4.69, 9.17) is 11.6 Å². The lowest BCUT2D eigenvalue weighted by Gasteiger charge is -2.28. The molecule has 2 aromatic rings. The van der Waals surface area contributed by atoms with E-state index in [1.165, 1.54) is 35.2 Å². The number of sulfonamides is 1. The molecule has 8 heteroatoms. The predicted molar refractivity (Wildman–Crippen MR) is 102 cm³/mol. The highest BCUT2D eigenvalue weighted by atomic mass is 35.5. The van der Waals surface area contributed by atoms with E-state index in [2.05, 4.69) is 0 Å². The van der Waals surface area contributed by atoms with Crippen LogP contribution in [0, 0.1) is 12.7 Å². The molecule has 0 saturated carbocycles. The van der Waals surface area contributed by atoms with Gasteiger partial charge in [-0.25, -0.2) is 21.9 Å². The average molecular weight is 411 g/mol. The summed E-state index contributed by atoms with van der Waals surface area (Å²) in [5, 5.41) is 0.0772. The molecule has 0 radical (unpaired) electrons. The molecule has 5 nitrogen and oxygen atoms in total. The number of benzene rings is 2. The summed E-state index contributed by atoms with van der Waals surface area (Å²) in [6.07, 6.45) is 1.62. The number of carbonyl (C=O) groups is 1. The van der Waals surface area contributed by atoms with E-state index in [9.17, 15) is 17.6 Å². The van der Waals surface area contributed by atoms with Gasteiger partial charge in [0.1, 0.15) is 5.82 Å². The summed E-state index contributed by atoms with van der Waals surface area (Å²) in [5.74, 6) is -0.652. The molecular weight excluding hydrogens is 391 g/mol. The molecule has 2 amide bonds. The van der Waals surface area contributed by atoms with Gasteiger partial charge in [0.15, 0.2) is 0 Å². The quantitative estimate of drug-likeness (QED) is 0.759. The minimum absolute atomic E-state index is 0.0203.